The molecule has 1 saturated heterocycles. The van der Waals surface area contributed by atoms with Crippen molar-refractivity contribution in [1.82, 2.24) is 5.32 Å². The van der Waals surface area contributed by atoms with Crippen LogP contribution in [0.4, 0.5) is 0 Å². The molecule has 2 saturated carbocycles. The van der Waals surface area contributed by atoms with Gasteiger partial charge in [0.15, 0.2) is 0 Å². The molecule has 7 nitrogen and oxygen atoms in total. The van der Waals surface area contributed by atoms with Crippen LogP contribution in [-0.4, -0.2) is 48.8 Å². The van der Waals surface area contributed by atoms with Crippen LogP contribution in [0.2, 0.25) is 0 Å². The zero-order valence-electron chi connectivity index (χ0n) is 12.1. The number of carbonyl (C=O) groups excluding carboxylic acids is 1. The first-order valence-electron chi connectivity index (χ1n) is 7.79. The van der Waals surface area contributed by atoms with E-state index in [1.807, 2.05) is 0 Å². The molecule has 0 radical (unpaired) electrons. The first kappa shape index (κ1) is 15.2. The van der Waals surface area contributed by atoms with Gasteiger partial charge in [-0.2, -0.15) is 0 Å². The minimum absolute atomic E-state index is 0.159. The van der Waals surface area contributed by atoms with Crippen LogP contribution in [0.25, 0.3) is 0 Å². The first-order valence-corrected chi connectivity index (χ1v) is 7.79. The molecule has 120 valence electrons. The summed E-state index contributed by atoms with van der Waals surface area (Å²) in [6.07, 6.45) is 2.23. The molecule has 7 unspecified atom stereocenters. The molecule has 0 aromatic heterocycles. The van der Waals surface area contributed by atoms with Gasteiger partial charge in [-0.1, -0.05) is 6.42 Å². The first-order chi connectivity index (χ1) is 10.0. The summed E-state index contributed by atoms with van der Waals surface area (Å²) >= 11 is 0. The zero-order valence-corrected chi connectivity index (χ0v) is 12.1. The summed E-state index contributed by atoms with van der Waals surface area (Å²) in [5.41, 5.74) is 11.2. The van der Waals surface area contributed by atoms with Crippen LogP contribution < -0.4 is 16.8 Å². The third-order valence-corrected chi connectivity index (χ3v) is 5.02. The summed E-state index contributed by atoms with van der Waals surface area (Å²) in [6.45, 7) is 1.11. The lowest BCUT2D eigenvalue weighted by atomic mass is 9.77. The van der Waals surface area contributed by atoms with Gasteiger partial charge in [0.05, 0.1) is 18.1 Å². The number of esters is 1. The molecule has 0 aromatic carbocycles. The van der Waals surface area contributed by atoms with Crippen molar-refractivity contribution in [2.75, 3.05) is 13.2 Å². The Bertz CT molecular complexity index is 388. The molecule has 6 N–H and O–H groups in total. The molecule has 2 aliphatic carbocycles. The molecule has 1 heterocycles. The SMILES string of the molecule is NC(O)OC1CC2CCC(C2)C1C(=O)OCC(N)C1CN1. The summed E-state index contributed by atoms with van der Waals surface area (Å²) in [6, 6.07) is 0.103. The number of hydrogen-bond acceptors (Lipinski definition) is 7. The highest BCUT2D eigenvalue weighted by Crippen LogP contribution is 2.47. The lowest BCUT2D eigenvalue weighted by molar-refractivity contribution is -0.184. The molecular weight excluding hydrogens is 274 g/mol. The average molecular weight is 299 g/mol. The predicted molar refractivity (Wildman–Crippen MR) is 74.7 cm³/mol. The Balaban J connectivity index is 1.59. The molecule has 7 heteroatoms. The van der Waals surface area contributed by atoms with Gasteiger partial charge in [-0.3, -0.25) is 10.5 Å². The molecule has 3 fully saturated rings. The lowest BCUT2D eigenvalue weighted by Gasteiger charge is -2.35. The fourth-order valence-electron chi connectivity index (χ4n) is 3.86. The van der Waals surface area contributed by atoms with Gasteiger partial charge in [-0.25, -0.2) is 0 Å². The minimum Gasteiger partial charge on any atom is -0.464 e. The quantitative estimate of drug-likeness (QED) is 0.278. The molecule has 2 bridgehead atoms. The molecule has 0 amide bonds. The molecule has 0 spiro atoms. The smallest absolute Gasteiger partial charge is 0.311 e. The summed E-state index contributed by atoms with van der Waals surface area (Å²) < 4.78 is 10.8. The van der Waals surface area contributed by atoms with E-state index in [1.165, 1.54) is 0 Å². The number of nitrogens with two attached hydrogens (primary N) is 2. The second kappa shape index (κ2) is 6.18. The number of fused-ring (bicyclic) bond motifs is 2. The number of carbonyl (C=O) groups is 1. The minimum atomic E-state index is -1.35. The number of ether oxygens (including phenoxy) is 2. The number of aliphatic hydroxyl groups is 1. The van der Waals surface area contributed by atoms with Crippen molar-refractivity contribution in [3.63, 3.8) is 0 Å². The van der Waals surface area contributed by atoms with Crippen LogP contribution in [0.1, 0.15) is 25.7 Å². The number of aliphatic hydroxyl groups excluding tert-OH is 1. The van der Waals surface area contributed by atoms with Crippen LogP contribution >= 0.6 is 0 Å². The summed E-state index contributed by atoms with van der Waals surface area (Å²) in [7, 11) is 0. The van der Waals surface area contributed by atoms with Crippen molar-refractivity contribution in [3.8, 4) is 0 Å². The molecule has 0 aromatic rings. The Hall–Kier alpha value is -0.730. The van der Waals surface area contributed by atoms with E-state index >= 15 is 0 Å². The topological polar surface area (TPSA) is 130 Å². The van der Waals surface area contributed by atoms with E-state index in [9.17, 15) is 9.90 Å². The molecule has 7 atom stereocenters. The zero-order chi connectivity index (χ0) is 15.0. The lowest BCUT2D eigenvalue weighted by Crippen LogP contribution is -2.45. The van der Waals surface area contributed by atoms with Crippen LogP contribution in [0.15, 0.2) is 0 Å². The van der Waals surface area contributed by atoms with E-state index in [-0.39, 0.29) is 42.6 Å². The Morgan fingerprint density at radius 1 is 1.33 bits per heavy atom. The van der Waals surface area contributed by atoms with E-state index in [0.717, 1.165) is 32.2 Å². The Kier molecular flexibility index (Phi) is 4.46. The van der Waals surface area contributed by atoms with E-state index in [0.29, 0.717) is 5.92 Å². The van der Waals surface area contributed by atoms with Crippen LogP contribution in [0.3, 0.4) is 0 Å². The monoisotopic (exact) mass is 299 g/mol. The van der Waals surface area contributed by atoms with E-state index in [1.54, 1.807) is 0 Å². The summed E-state index contributed by atoms with van der Waals surface area (Å²) in [5, 5.41) is 12.4. The van der Waals surface area contributed by atoms with Crippen molar-refractivity contribution in [3.05, 3.63) is 0 Å². The predicted octanol–water partition coefficient (Wildman–Crippen LogP) is -1.12. The van der Waals surface area contributed by atoms with Crippen molar-refractivity contribution in [2.24, 2.45) is 29.2 Å². The third kappa shape index (κ3) is 3.54. The largest absolute Gasteiger partial charge is 0.464 e. The van der Waals surface area contributed by atoms with Gasteiger partial charge in [-0.05, 0) is 31.1 Å². The maximum absolute atomic E-state index is 12.4. The fourth-order valence-corrected chi connectivity index (χ4v) is 3.86. The Morgan fingerprint density at radius 2 is 2.10 bits per heavy atom. The molecule has 21 heavy (non-hydrogen) atoms. The van der Waals surface area contributed by atoms with E-state index in [2.05, 4.69) is 5.32 Å². The van der Waals surface area contributed by atoms with Gasteiger partial charge in [0.1, 0.15) is 6.61 Å². The highest BCUT2D eigenvalue weighted by molar-refractivity contribution is 5.74. The third-order valence-electron chi connectivity index (χ3n) is 5.02. The van der Waals surface area contributed by atoms with Gasteiger partial charge in [-0.15, -0.1) is 0 Å². The van der Waals surface area contributed by atoms with Gasteiger partial charge in [0, 0.05) is 12.6 Å². The highest BCUT2D eigenvalue weighted by atomic mass is 16.6. The van der Waals surface area contributed by atoms with Crippen molar-refractivity contribution in [2.45, 2.75) is 50.3 Å². The normalized spacial score (nSPS) is 40.6. The molecule has 3 rings (SSSR count). The standard InChI is InChI=1S/C14H25N3O4/c15-9(10-5-17-10)6-20-13(18)12-8-2-1-7(3-8)4-11(12)21-14(16)19/h7-12,14,17,19H,1-6,15-16H2. The average Bonchev–Trinajstić information content (AvgIpc) is 3.20. The van der Waals surface area contributed by atoms with Gasteiger partial charge < -0.3 is 25.6 Å². The number of hydrogen-bond donors (Lipinski definition) is 4. The maximum Gasteiger partial charge on any atom is 0.311 e. The van der Waals surface area contributed by atoms with E-state index < -0.39 is 6.41 Å². The van der Waals surface area contributed by atoms with Crippen LogP contribution in [0.5, 0.6) is 0 Å². The maximum atomic E-state index is 12.4. The van der Waals surface area contributed by atoms with Gasteiger partial charge in [0.25, 0.3) is 0 Å². The van der Waals surface area contributed by atoms with Crippen molar-refractivity contribution in [1.29, 1.82) is 0 Å². The summed E-state index contributed by atoms with van der Waals surface area (Å²) in [5.74, 6) is 0.249. The molecule has 1 aliphatic heterocycles. The molecular formula is C14H25N3O4. The highest BCUT2D eigenvalue weighted by Gasteiger charge is 2.47. The Morgan fingerprint density at radius 3 is 2.76 bits per heavy atom. The van der Waals surface area contributed by atoms with Crippen LogP contribution in [0, 0.1) is 17.8 Å². The van der Waals surface area contributed by atoms with Crippen molar-refractivity contribution < 1.29 is 19.4 Å². The number of rotatable bonds is 6. The van der Waals surface area contributed by atoms with E-state index in [4.69, 9.17) is 20.9 Å². The molecule has 3 aliphatic rings. The Labute approximate surface area is 124 Å². The fraction of sp³-hybridized carbons (Fsp3) is 0.929. The van der Waals surface area contributed by atoms with Gasteiger partial charge in [0.2, 0.25) is 6.41 Å². The van der Waals surface area contributed by atoms with Crippen molar-refractivity contribution >= 4 is 5.97 Å². The second-order valence-corrected chi connectivity index (χ2v) is 6.57. The number of nitrogens with one attached hydrogen (secondary N) is 1. The van der Waals surface area contributed by atoms with Gasteiger partial charge >= 0.3 is 5.97 Å². The van der Waals surface area contributed by atoms with Crippen LogP contribution in [-0.2, 0) is 14.3 Å². The second-order valence-electron chi connectivity index (χ2n) is 6.57. The summed E-state index contributed by atoms with van der Waals surface area (Å²) in [4.78, 5) is 12.4.